The normalized spacial score (nSPS) is 22.4. The lowest BCUT2D eigenvalue weighted by atomic mass is 9.78. The number of amides is 1. The van der Waals surface area contributed by atoms with Crippen LogP contribution in [0.2, 0.25) is 0 Å². The maximum Gasteiger partial charge on any atom is 0.234 e. The number of nitrogens with one attached hydrogen (secondary N) is 1. The van der Waals surface area contributed by atoms with Gasteiger partial charge < -0.3 is 9.84 Å². The zero-order valence-corrected chi connectivity index (χ0v) is 17.4. The molecule has 152 valence electrons. The number of hydrogen-bond donors (Lipinski definition) is 1. The maximum atomic E-state index is 12.4. The third-order valence-corrected chi connectivity index (χ3v) is 6.06. The molecule has 0 radical (unpaired) electrons. The summed E-state index contributed by atoms with van der Waals surface area (Å²) in [5.41, 5.74) is 1.94. The van der Waals surface area contributed by atoms with Gasteiger partial charge >= 0.3 is 0 Å². The molecule has 3 atom stereocenters. The number of nitrogens with zero attached hydrogens (tertiary/aromatic N) is 2. The average molecular weight is 384 g/mol. The van der Waals surface area contributed by atoms with Crippen molar-refractivity contribution in [1.82, 2.24) is 15.4 Å². The summed E-state index contributed by atoms with van der Waals surface area (Å²) >= 11 is 0. The fourth-order valence-corrected chi connectivity index (χ4v) is 4.06. The van der Waals surface area contributed by atoms with E-state index < -0.39 is 0 Å². The average Bonchev–Trinajstić information content (AvgIpc) is 3.15. The quantitative estimate of drug-likeness (QED) is 0.744. The predicted molar refractivity (Wildman–Crippen MR) is 112 cm³/mol. The van der Waals surface area contributed by atoms with Gasteiger partial charge in [-0.25, -0.2) is 0 Å². The van der Waals surface area contributed by atoms with E-state index >= 15 is 0 Å². The molecule has 0 bridgehead atoms. The van der Waals surface area contributed by atoms with Gasteiger partial charge in [-0.15, -0.1) is 0 Å². The molecule has 1 N–H and O–H groups in total. The van der Waals surface area contributed by atoms with Gasteiger partial charge in [-0.3, -0.25) is 9.69 Å². The lowest BCUT2D eigenvalue weighted by molar-refractivity contribution is -0.123. The second-order valence-corrected chi connectivity index (χ2v) is 8.33. The predicted octanol–water partition coefficient (Wildman–Crippen LogP) is 4.15. The van der Waals surface area contributed by atoms with Crippen LogP contribution in [-0.4, -0.2) is 42.1 Å². The Morgan fingerprint density at radius 2 is 2.04 bits per heavy atom. The van der Waals surface area contributed by atoms with E-state index in [9.17, 15) is 4.79 Å². The summed E-state index contributed by atoms with van der Waals surface area (Å²) in [6, 6.07) is 12.4. The highest BCUT2D eigenvalue weighted by molar-refractivity contribution is 5.78. The largest absolute Gasteiger partial charge is 0.361 e. The van der Waals surface area contributed by atoms with Crippen molar-refractivity contribution in [3.63, 3.8) is 0 Å². The van der Waals surface area contributed by atoms with Crippen molar-refractivity contribution in [3.05, 3.63) is 42.2 Å². The Hall–Kier alpha value is -2.14. The van der Waals surface area contributed by atoms with Crippen LogP contribution in [-0.2, 0) is 11.2 Å². The summed E-state index contributed by atoms with van der Waals surface area (Å²) in [4.78, 5) is 14.5. The van der Waals surface area contributed by atoms with Crippen LogP contribution in [0.1, 0.15) is 45.3 Å². The summed E-state index contributed by atoms with van der Waals surface area (Å²) in [6.45, 7) is 5.86. The molecule has 1 saturated carbocycles. The second kappa shape index (κ2) is 9.87. The number of rotatable bonds is 8. The number of likely N-dealkylation sites (N-methyl/N-ethyl adjacent to an activating group) is 1. The van der Waals surface area contributed by atoms with E-state index in [0.717, 1.165) is 42.8 Å². The topological polar surface area (TPSA) is 58.4 Å². The lowest BCUT2D eigenvalue weighted by Crippen LogP contribution is -2.46. The Balaban J connectivity index is 1.38. The Morgan fingerprint density at radius 1 is 1.25 bits per heavy atom. The number of aryl methyl sites for hydroxylation is 1. The monoisotopic (exact) mass is 383 g/mol. The molecule has 0 aliphatic heterocycles. The van der Waals surface area contributed by atoms with Crippen molar-refractivity contribution in [1.29, 1.82) is 0 Å². The van der Waals surface area contributed by atoms with Crippen molar-refractivity contribution in [2.75, 3.05) is 20.1 Å². The number of hydrogen-bond acceptors (Lipinski definition) is 4. The molecule has 1 amide bonds. The van der Waals surface area contributed by atoms with Crippen molar-refractivity contribution in [2.24, 2.45) is 11.8 Å². The van der Waals surface area contributed by atoms with E-state index in [1.165, 1.54) is 12.8 Å². The molecule has 1 heterocycles. The van der Waals surface area contributed by atoms with E-state index in [1.54, 1.807) is 0 Å². The molecule has 1 aromatic carbocycles. The third-order valence-electron chi connectivity index (χ3n) is 6.06. The van der Waals surface area contributed by atoms with E-state index in [2.05, 4.69) is 29.2 Å². The van der Waals surface area contributed by atoms with E-state index in [1.807, 2.05) is 43.4 Å². The Kier molecular flexibility index (Phi) is 7.26. The first-order valence-electron chi connectivity index (χ1n) is 10.5. The molecule has 1 fully saturated rings. The van der Waals surface area contributed by atoms with E-state index in [0.29, 0.717) is 24.4 Å². The van der Waals surface area contributed by atoms with Crippen LogP contribution in [0.4, 0.5) is 0 Å². The van der Waals surface area contributed by atoms with Gasteiger partial charge in [-0.1, -0.05) is 62.2 Å². The summed E-state index contributed by atoms with van der Waals surface area (Å²) < 4.78 is 5.46. The third kappa shape index (κ3) is 5.68. The van der Waals surface area contributed by atoms with Gasteiger partial charge in [-0.2, -0.15) is 0 Å². The first-order chi connectivity index (χ1) is 13.5. The van der Waals surface area contributed by atoms with Crippen LogP contribution in [0, 0.1) is 11.8 Å². The van der Waals surface area contributed by atoms with Crippen LogP contribution in [0.25, 0.3) is 11.3 Å². The smallest absolute Gasteiger partial charge is 0.234 e. The maximum absolute atomic E-state index is 12.4. The van der Waals surface area contributed by atoms with Gasteiger partial charge in [0.15, 0.2) is 0 Å². The van der Waals surface area contributed by atoms with Crippen LogP contribution >= 0.6 is 0 Å². The number of aromatic nitrogens is 1. The fourth-order valence-electron chi connectivity index (χ4n) is 4.06. The zero-order valence-electron chi connectivity index (χ0n) is 17.4. The number of carbonyl (C=O) groups is 1. The molecule has 0 saturated heterocycles. The van der Waals surface area contributed by atoms with Crippen LogP contribution in [0.15, 0.2) is 40.9 Å². The first-order valence-corrected chi connectivity index (χ1v) is 10.5. The summed E-state index contributed by atoms with van der Waals surface area (Å²) in [6.07, 6.45) is 5.36. The van der Waals surface area contributed by atoms with Gasteiger partial charge in [0.05, 0.1) is 6.54 Å². The highest BCUT2D eigenvalue weighted by atomic mass is 16.5. The Morgan fingerprint density at radius 3 is 2.82 bits per heavy atom. The molecule has 1 aromatic heterocycles. The van der Waals surface area contributed by atoms with Gasteiger partial charge in [-0.05, 0) is 38.3 Å². The Labute approximate surface area is 168 Å². The summed E-state index contributed by atoms with van der Waals surface area (Å²) in [7, 11) is 2.00. The van der Waals surface area contributed by atoms with E-state index in [-0.39, 0.29) is 5.91 Å². The molecular formula is C23H33N3O2. The van der Waals surface area contributed by atoms with Crippen LogP contribution in [0.3, 0.4) is 0 Å². The summed E-state index contributed by atoms with van der Waals surface area (Å²) in [5.74, 6) is 2.29. The number of carbonyl (C=O) groups excluding carboxylic acids is 1. The van der Waals surface area contributed by atoms with Crippen molar-refractivity contribution in [3.8, 4) is 11.3 Å². The molecule has 0 spiro atoms. The zero-order chi connectivity index (χ0) is 19.9. The van der Waals surface area contributed by atoms with Crippen molar-refractivity contribution in [2.45, 2.75) is 52.0 Å². The van der Waals surface area contributed by atoms with Crippen molar-refractivity contribution >= 4 is 5.91 Å². The molecule has 1 aliphatic rings. The van der Waals surface area contributed by atoms with Gasteiger partial charge in [0.25, 0.3) is 0 Å². The second-order valence-electron chi connectivity index (χ2n) is 8.33. The molecular weight excluding hydrogens is 350 g/mol. The van der Waals surface area contributed by atoms with Crippen LogP contribution in [0.5, 0.6) is 0 Å². The molecule has 3 unspecified atom stereocenters. The van der Waals surface area contributed by atoms with Gasteiger partial charge in [0.2, 0.25) is 5.91 Å². The van der Waals surface area contributed by atoms with E-state index in [4.69, 9.17) is 4.52 Å². The van der Waals surface area contributed by atoms with Crippen LogP contribution < -0.4 is 5.32 Å². The molecule has 1 aliphatic carbocycles. The highest BCUT2D eigenvalue weighted by Gasteiger charge is 2.28. The molecule has 3 rings (SSSR count). The Bertz CT molecular complexity index is 743. The number of benzene rings is 1. The van der Waals surface area contributed by atoms with Gasteiger partial charge in [0, 0.05) is 24.1 Å². The SMILES string of the molecule is CC1CCCC(NC(=O)CN(C)CCCc2cc(-c3ccccc3)no2)C1C. The standard InChI is InChI=1S/C23H33N3O2/c1-17-9-7-13-21(18(17)2)24-23(27)16-26(3)14-8-12-20-15-22(25-28-20)19-10-5-4-6-11-19/h4-6,10-11,15,17-18,21H,7-9,12-14,16H2,1-3H3,(H,24,27). The lowest BCUT2D eigenvalue weighted by Gasteiger charge is -2.35. The minimum atomic E-state index is 0.138. The molecule has 28 heavy (non-hydrogen) atoms. The minimum absolute atomic E-state index is 0.138. The molecule has 2 aromatic rings. The summed E-state index contributed by atoms with van der Waals surface area (Å²) in [5, 5.41) is 7.41. The molecule has 5 nitrogen and oxygen atoms in total. The molecule has 5 heteroatoms. The minimum Gasteiger partial charge on any atom is -0.361 e. The fraction of sp³-hybridized carbons (Fsp3) is 0.565. The van der Waals surface area contributed by atoms with Crippen molar-refractivity contribution < 1.29 is 9.32 Å². The highest BCUT2D eigenvalue weighted by Crippen LogP contribution is 2.29. The van der Waals surface area contributed by atoms with Gasteiger partial charge in [0.1, 0.15) is 11.5 Å². The first kappa shape index (κ1) is 20.6.